The third kappa shape index (κ3) is 6.39. The van der Waals surface area contributed by atoms with Crippen molar-refractivity contribution in [2.75, 3.05) is 9.80 Å². The van der Waals surface area contributed by atoms with Crippen LogP contribution < -0.4 is 47.3 Å². The molecule has 0 amide bonds. The number of para-hydroxylation sites is 3. The minimum Gasteiger partial charge on any atom is -0.509 e. The molecule has 2 aliphatic rings. The fourth-order valence-corrected chi connectivity index (χ4v) is 9.14. The van der Waals surface area contributed by atoms with Crippen molar-refractivity contribution in [2.24, 2.45) is 0 Å². The van der Waals surface area contributed by atoms with E-state index in [1.54, 1.807) is 0 Å². The summed E-state index contributed by atoms with van der Waals surface area (Å²) in [4.78, 5) is 4.38. The van der Waals surface area contributed by atoms with Gasteiger partial charge >= 0.3 is 0 Å². The Kier molecular flexibility index (Phi) is 9.95. The van der Waals surface area contributed by atoms with E-state index >= 15 is 0 Å². The number of fused-ring (bicyclic) bond motifs is 3. The molecule has 0 spiro atoms. The van der Waals surface area contributed by atoms with E-state index in [2.05, 4.69) is 178 Å². The molecule has 8 heteroatoms. The summed E-state index contributed by atoms with van der Waals surface area (Å²) >= 11 is 0. The van der Waals surface area contributed by atoms with Crippen LogP contribution in [0.15, 0.2) is 158 Å². The summed E-state index contributed by atoms with van der Waals surface area (Å²) in [6, 6.07) is 58.7. The molecule has 0 aliphatic carbocycles. The Balaban J connectivity index is 0.00000436. The minimum absolute atomic E-state index is 0. The zero-order chi connectivity index (χ0) is 38.6. The molecule has 0 bridgehead atoms. The van der Waals surface area contributed by atoms with Crippen LogP contribution in [0.4, 0.5) is 22.7 Å². The molecule has 1 aromatic heterocycles. The maximum absolute atomic E-state index is 6.90. The van der Waals surface area contributed by atoms with Gasteiger partial charge in [0.05, 0.1) is 0 Å². The average Bonchev–Trinajstić information content (AvgIpc) is 3.91. The van der Waals surface area contributed by atoms with E-state index in [1.807, 2.05) is 41.3 Å². The van der Waals surface area contributed by atoms with Crippen molar-refractivity contribution in [2.45, 2.75) is 27.7 Å². The molecule has 10 rings (SSSR count). The van der Waals surface area contributed by atoms with Crippen LogP contribution in [-0.4, -0.2) is 23.2 Å². The number of hydrogen-bond acceptors (Lipinski definition) is 4. The monoisotopic (exact) mass is 928 g/mol. The fourth-order valence-electron chi connectivity index (χ4n) is 9.14. The Hall–Kier alpha value is -6.03. The van der Waals surface area contributed by atoms with Gasteiger partial charge in [-0.3, -0.25) is 4.68 Å². The molecule has 0 atom stereocenters. The molecule has 0 fully saturated rings. The Bertz CT molecular complexity index is 2750. The molecule has 0 radical (unpaired) electrons. The van der Waals surface area contributed by atoms with E-state index < -0.39 is 0 Å². The topological polar surface area (TPSA) is 33.5 Å². The first kappa shape index (κ1) is 37.5. The van der Waals surface area contributed by atoms with Crippen LogP contribution in [0, 0.1) is 46.5 Å². The zero-order valence-corrected chi connectivity index (χ0v) is 35.0. The van der Waals surface area contributed by atoms with Gasteiger partial charge in [-0.15, -0.1) is 48.2 Å². The van der Waals surface area contributed by atoms with E-state index in [0.29, 0.717) is 11.5 Å². The molecule has 5 nitrogen and oxygen atoms in total. The van der Waals surface area contributed by atoms with Crippen LogP contribution in [0.3, 0.4) is 0 Å². The number of nitrogens with zero attached hydrogens (tertiary/aromatic N) is 4. The van der Waals surface area contributed by atoms with Gasteiger partial charge in [-0.25, -0.2) is 0 Å². The van der Waals surface area contributed by atoms with E-state index in [4.69, 9.17) is 9.84 Å². The number of aromatic nitrogens is 2. The average molecular weight is 929 g/mol. The van der Waals surface area contributed by atoms with Gasteiger partial charge < -0.3 is 14.5 Å². The maximum atomic E-state index is 6.90. The summed E-state index contributed by atoms with van der Waals surface area (Å²) in [5, 5.41) is 4.83. The van der Waals surface area contributed by atoms with Gasteiger partial charge in [0.25, 0.3) is 0 Å². The molecule has 0 saturated carbocycles. The number of anilines is 4. The quantitative estimate of drug-likeness (QED) is 0.125. The Labute approximate surface area is 356 Å². The van der Waals surface area contributed by atoms with E-state index in [9.17, 15) is 0 Å². The zero-order valence-electron chi connectivity index (χ0n) is 32.8. The molecule has 0 N–H and O–H groups in total. The molecule has 0 unspecified atom stereocenters. The predicted molar refractivity (Wildman–Crippen MR) is 237 cm³/mol. The second-order valence-electron chi connectivity index (χ2n) is 15.1. The van der Waals surface area contributed by atoms with Crippen molar-refractivity contribution in [3.63, 3.8) is 0 Å². The van der Waals surface area contributed by atoms with Crippen LogP contribution in [0.5, 0.6) is 11.5 Å². The molecular formula is C50H39B2N4OPt-3. The molecule has 7 aromatic carbocycles. The smallest absolute Gasteiger partial charge is 0.217 e. The summed E-state index contributed by atoms with van der Waals surface area (Å²) < 4.78 is 8.85. The van der Waals surface area contributed by atoms with E-state index in [-0.39, 0.29) is 34.5 Å². The molecular weight excluding hydrogens is 889 g/mol. The van der Waals surface area contributed by atoms with Crippen LogP contribution in [0.2, 0.25) is 0 Å². The van der Waals surface area contributed by atoms with Crippen molar-refractivity contribution < 1.29 is 25.8 Å². The minimum atomic E-state index is -0.0457. The second kappa shape index (κ2) is 15.4. The van der Waals surface area contributed by atoms with Crippen LogP contribution in [0.1, 0.15) is 22.3 Å². The molecule has 0 saturated heterocycles. The first-order valence-corrected chi connectivity index (χ1v) is 19.5. The first-order chi connectivity index (χ1) is 27.9. The van der Waals surface area contributed by atoms with Crippen molar-refractivity contribution in [3.05, 3.63) is 199 Å². The Morgan fingerprint density at radius 3 is 1.78 bits per heavy atom. The van der Waals surface area contributed by atoms with Gasteiger partial charge in [0, 0.05) is 62.0 Å². The van der Waals surface area contributed by atoms with Gasteiger partial charge in [-0.2, -0.15) is 16.6 Å². The number of benzene rings is 7. The SMILES string of the molecule is Cc1cccc(C)c1B1c2ccccc2B(c2c(C)cccc2C)c2c(-n3cccn3)[c-]c(Oc3[c-]c(N4[CH-]N(c5ccccc5)c5ccccc54)ccc3)cc21.[Pt]. The summed E-state index contributed by atoms with van der Waals surface area (Å²) in [6.45, 7) is 11.0. The van der Waals surface area contributed by atoms with Gasteiger partial charge in [-0.1, -0.05) is 135 Å². The van der Waals surface area contributed by atoms with Gasteiger partial charge in [0.15, 0.2) is 6.71 Å². The second-order valence-corrected chi connectivity index (χ2v) is 15.1. The largest absolute Gasteiger partial charge is 0.509 e. The van der Waals surface area contributed by atoms with Gasteiger partial charge in [-0.05, 0) is 63.7 Å². The summed E-state index contributed by atoms with van der Waals surface area (Å²) in [5.41, 5.74) is 17.7. The van der Waals surface area contributed by atoms with Crippen molar-refractivity contribution >= 4 is 69.0 Å². The molecule has 8 aromatic rings. The Morgan fingerprint density at radius 2 is 1.12 bits per heavy atom. The molecule has 2 aliphatic heterocycles. The predicted octanol–water partition coefficient (Wildman–Crippen LogP) is 7.25. The number of hydrogen-bond donors (Lipinski definition) is 0. The molecule has 58 heavy (non-hydrogen) atoms. The van der Waals surface area contributed by atoms with Gasteiger partial charge in [0.2, 0.25) is 6.71 Å². The van der Waals surface area contributed by atoms with Crippen LogP contribution in [-0.2, 0) is 21.1 Å². The van der Waals surface area contributed by atoms with Crippen molar-refractivity contribution in [1.29, 1.82) is 0 Å². The number of rotatable bonds is 7. The van der Waals surface area contributed by atoms with Crippen molar-refractivity contribution in [1.82, 2.24) is 9.78 Å². The third-order valence-electron chi connectivity index (χ3n) is 11.6. The third-order valence-corrected chi connectivity index (χ3v) is 11.6. The summed E-state index contributed by atoms with van der Waals surface area (Å²) in [7, 11) is 0. The van der Waals surface area contributed by atoms with Gasteiger partial charge in [0.1, 0.15) is 0 Å². The Morgan fingerprint density at radius 1 is 0.534 bits per heavy atom. The van der Waals surface area contributed by atoms with Crippen LogP contribution >= 0.6 is 0 Å². The molecule has 3 heterocycles. The summed E-state index contributed by atoms with van der Waals surface area (Å²) in [5.74, 6) is 1.21. The normalized spacial score (nSPS) is 12.8. The van der Waals surface area contributed by atoms with Crippen molar-refractivity contribution in [3.8, 4) is 17.2 Å². The van der Waals surface area contributed by atoms with E-state index in [1.165, 1.54) is 55.0 Å². The number of aryl methyl sites for hydroxylation is 4. The van der Waals surface area contributed by atoms with Crippen LogP contribution in [0.25, 0.3) is 5.69 Å². The van der Waals surface area contributed by atoms with E-state index in [0.717, 1.165) is 28.4 Å². The fraction of sp³-hybridized carbons (Fsp3) is 0.0800. The first-order valence-electron chi connectivity index (χ1n) is 19.5. The molecule has 284 valence electrons. The maximum Gasteiger partial charge on any atom is 0.217 e. The standard InChI is InChI=1S/C50H39B2N4O.Pt/c1-34-16-12-17-35(2)48(34)51-42-24-8-9-25-43(42)52(49-36(3)18-13-19-37(49)4)50-44(51)31-41(32-47(50)56-29-15-28-53-56)57-40-23-14-22-39(30-40)55-33-54(38-20-6-5-7-21-38)45-26-10-11-27-46(45)55;/h5-29,31,33H,1-4H3;/q-3;. The number of ether oxygens (including phenoxy) is 1. The summed E-state index contributed by atoms with van der Waals surface area (Å²) in [6.07, 6.45) is 3.85.